The van der Waals surface area contributed by atoms with Gasteiger partial charge >= 0.3 is 0 Å². The second-order valence-electron chi connectivity index (χ2n) is 4.22. The van der Waals surface area contributed by atoms with Crippen LogP contribution in [0, 0.1) is 0 Å². The Kier molecular flexibility index (Phi) is 3.61. The number of nitrogens with one attached hydrogen (secondary N) is 3. The van der Waals surface area contributed by atoms with Gasteiger partial charge in [0.1, 0.15) is 12.0 Å². The first kappa shape index (κ1) is 13.3. The highest BCUT2D eigenvalue weighted by atomic mass is 35.5. The maximum absolute atomic E-state index is 11.9. The number of hydrogen-bond donors (Lipinski definition) is 3. The number of nitrogens with zero attached hydrogens (tertiary/aromatic N) is 1. The van der Waals surface area contributed by atoms with Crippen LogP contribution in [0.25, 0.3) is 10.9 Å². The highest BCUT2D eigenvalue weighted by Crippen LogP contribution is 2.19. The first-order valence-electron chi connectivity index (χ1n) is 6.12. The van der Waals surface area contributed by atoms with Crippen LogP contribution in [-0.4, -0.2) is 17.2 Å². The van der Waals surface area contributed by atoms with Gasteiger partial charge in [0.25, 0.3) is 5.91 Å². The third kappa shape index (κ3) is 3.06. The fourth-order valence-corrected chi connectivity index (χ4v) is 2.01. The summed E-state index contributed by atoms with van der Waals surface area (Å²) in [6.45, 7) is 0. The molecular formula is C14H11ClN4O2. The third-order valence-corrected chi connectivity index (χ3v) is 3.01. The van der Waals surface area contributed by atoms with Gasteiger partial charge in [-0.2, -0.15) is 0 Å². The molecule has 0 aliphatic heterocycles. The van der Waals surface area contributed by atoms with E-state index in [1.807, 2.05) is 6.07 Å². The number of hydrogen-bond acceptors (Lipinski definition) is 3. The Hall–Kier alpha value is -2.73. The Morgan fingerprint density at radius 2 is 2.24 bits per heavy atom. The first-order valence-corrected chi connectivity index (χ1v) is 6.50. The number of benzene rings is 1. The standard InChI is InChI=1S/C14H11ClN4O2/c15-10-3-4-11-9(6-10)7-12(18-11)14(20)19-17-8-16-13-2-1-5-21-13/h1-8,18H,(H,16,17)(H,19,20). The number of carbonyl (C=O) groups excluding carboxylic acids is 1. The molecule has 7 heteroatoms. The molecule has 0 aliphatic rings. The van der Waals surface area contributed by atoms with Crippen molar-refractivity contribution in [1.82, 2.24) is 15.8 Å². The number of hydrazine groups is 1. The van der Waals surface area contributed by atoms with Crippen molar-refractivity contribution in [3.05, 3.63) is 53.4 Å². The number of furan rings is 1. The van der Waals surface area contributed by atoms with Crippen molar-refractivity contribution in [2.75, 3.05) is 0 Å². The third-order valence-electron chi connectivity index (χ3n) is 2.78. The zero-order valence-electron chi connectivity index (χ0n) is 10.8. The van der Waals surface area contributed by atoms with Crippen LogP contribution >= 0.6 is 11.6 Å². The first-order chi connectivity index (χ1) is 10.2. The number of rotatable bonds is 4. The minimum Gasteiger partial charge on any atom is -0.447 e. The zero-order chi connectivity index (χ0) is 14.7. The molecule has 0 radical (unpaired) electrons. The average Bonchev–Trinajstić information content (AvgIpc) is 3.11. The summed E-state index contributed by atoms with van der Waals surface area (Å²) >= 11 is 5.91. The summed E-state index contributed by atoms with van der Waals surface area (Å²) in [5.41, 5.74) is 6.34. The maximum Gasteiger partial charge on any atom is 0.286 e. The number of aliphatic imine (C=N–C) groups is 1. The molecule has 106 valence electrons. The van der Waals surface area contributed by atoms with E-state index in [1.165, 1.54) is 12.6 Å². The molecule has 3 aromatic rings. The van der Waals surface area contributed by atoms with Crippen LogP contribution in [-0.2, 0) is 0 Å². The number of carbonyl (C=O) groups is 1. The molecule has 6 nitrogen and oxygen atoms in total. The fraction of sp³-hybridized carbons (Fsp3) is 0. The van der Waals surface area contributed by atoms with Crippen LogP contribution in [0.2, 0.25) is 5.02 Å². The molecule has 2 heterocycles. The Balaban J connectivity index is 1.64. The predicted octanol–water partition coefficient (Wildman–Crippen LogP) is 3.01. The summed E-state index contributed by atoms with van der Waals surface area (Å²) in [6, 6.07) is 10.5. The van der Waals surface area contributed by atoms with Gasteiger partial charge in [0.15, 0.2) is 0 Å². The van der Waals surface area contributed by atoms with E-state index >= 15 is 0 Å². The number of aromatic amines is 1. The molecule has 2 aromatic heterocycles. The Bertz CT molecular complexity index is 793. The van der Waals surface area contributed by atoms with Crippen molar-refractivity contribution in [2.24, 2.45) is 4.99 Å². The van der Waals surface area contributed by atoms with Crippen LogP contribution in [0.4, 0.5) is 5.88 Å². The van der Waals surface area contributed by atoms with Gasteiger partial charge in [0.2, 0.25) is 5.88 Å². The molecule has 0 saturated heterocycles. The Morgan fingerprint density at radius 1 is 1.33 bits per heavy atom. The summed E-state index contributed by atoms with van der Waals surface area (Å²) < 4.78 is 5.01. The van der Waals surface area contributed by atoms with E-state index in [2.05, 4.69) is 20.8 Å². The van der Waals surface area contributed by atoms with Gasteiger partial charge in [0.05, 0.1) is 6.26 Å². The number of halogens is 1. The molecule has 0 fully saturated rings. The van der Waals surface area contributed by atoms with Crippen LogP contribution in [0.1, 0.15) is 10.5 Å². The number of fused-ring (bicyclic) bond motifs is 1. The topological polar surface area (TPSA) is 82.4 Å². The number of amides is 1. The molecule has 3 N–H and O–H groups in total. The normalized spacial score (nSPS) is 11.1. The lowest BCUT2D eigenvalue weighted by atomic mass is 10.2. The van der Waals surface area contributed by atoms with E-state index in [9.17, 15) is 4.79 Å². The predicted molar refractivity (Wildman–Crippen MR) is 80.8 cm³/mol. The lowest BCUT2D eigenvalue weighted by Crippen LogP contribution is -2.36. The lowest BCUT2D eigenvalue weighted by molar-refractivity contribution is 0.0940. The summed E-state index contributed by atoms with van der Waals surface area (Å²) in [7, 11) is 0. The van der Waals surface area contributed by atoms with Gasteiger partial charge in [-0.05, 0) is 30.3 Å². The molecule has 0 aliphatic carbocycles. The maximum atomic E-state index is 11.9. The van der Waals surface area contributed by atoms with Crippen LogP contribution in [0.3, 0.4) is 0 Å². The van der Waals surface area contributed by atoms with Crippen molar-refractivity contribution in [2.45, 2.75) is 0 Å². The van der Waals surface area contributed by atoms with Gasteiger partial charge in [-0.1, -0.05) is 11.6 Å². The zero-order valence-corrected chi connectivity index (χ0v) is 11.5. The van der Waals surface area contributed by atoms with E-state index in [-0.39, 0.29) is 5.91 Å². The number of H-pyrrole nitrogens is 1. The van der Waals surface area contributed by atoms with Crippen LogP contribution in [0.5, 0.6) is 0 Å². The van der Waals surface area contributed by atoms with Gasteiger partial charge in [-0.15, -0.1) is 0 Å². The van der Waals surface area contributed by atoms with E-state index in [0.717, 1.165) is 10.9 Å². The monoisotopic (exact) mass is 302 g/mol. The van der Waals surface area contributed by atoms with E-state index in [1.54, 1.807) is 30.3 Å². The summed E-state index contributed by atoms with van der Waals surface area (Å²) in [6.07, 6.45) is 2.84. The smallest absolute Gasteiger partial charge is 0.286 e. The Morgan fingerprint density at radius 3 is 3.05 bits per heavy atom. The molecule has 0 saturated carbocycles. The van der Waals surface area contributed by atoms with Crippen LogP contribution < -0.4 is 10.9 Å². The fourth-order valence-electron chi connectivity index (χ4n) is 1.83. The molecule has 0 unspecified atom stereocenters. The lowest BCUT2D eigenvalue weighted by Gasteiger charge is -2.00. The average molecular weight is 303 g/mol. The van der Waals surface area contributed by atoms with E-state index in [0.29, 0.717) is 16.6 Å². The molecule has 21 heavy (non-hydrogen) atoms. The van der Waals surface area contributed by atoms with Gasteiger partial charge in [0, 0.05) is 22.0 Å². The minimum absolute atomic E-state index is 0.312. The summed E-state index contributed by atoms with van der Waals surface area (Å²) in [5, 5.41) is 1.49. The molecule has 1 amide bonds. The molecule has 0 atom stereocenters. The van der Waals surface area contributed by atoms with Crippen molar-refractivity contribution in [3.8, 4) is 0 Å². The highest BCUT2D eigenvalue weighted by Gasteiger charge is 2.08. The summed E-state index contributed by atoms with van der Waals surface area (Å²) in [4.78, 5) is 18.9. The minimum atomic E-state index is -0.312. The largest absolute Gasteiger partial charge is 0.447 e. The Labute approximate surface area is 124 Å². The van der Waals surface area contributed by atoms with Crippen molar-refractivity contribution >= 4 is 40.6 Å². The molecule has 0 bridgehead atoms. The van der Waals surface area contributed by atoms with E-state index < -0.39 is 0 Å². The van der Waals surface area contributed by atoms with E-state index in [4.69, 9.17) is 16.0 Å². The molecule has 3 rings (SSSR count). The van der Waals surface area contributed by atoms with Gasteiger partial charge in [-0.3, -0.25) is 15.6 Å². The number of aromatic nitrogens is 1. The highest BCUT2D eigenvalue weighted by molar-refractivity contribution is 6.31. The van der Waals surface area contributed by atoms with Crippen molar-refractivity contribution < 1.29 is 9.21 Å². The molecular weight excluding hydrogens is 292 g/mol. The van der Waals surface area contributed by atoms with Crippen molar-refractivity contribution in [1.29, 1.82) is 0 Å². The second-order valence-corrected chi connectivity index (χ2v) is 4.66. The van der Waals surface area contributed by atoms with Gasteiger partial charge in [-0.25, -0.2) is 4.99 Å². The van der Waals surface area contributed by atoms with Gasteiger partial charge < -0.3 is 9.40 Å². The SMILES string of the molecule is O=C(NNC=Nc1ccco1)c1cc2cc(Cl)ccc2[nH]1. The molecule has 0 spiro atoms. The quantitative estimate of drug-likeness (QED) is 0.393. The van der Waals surface area contributed by atoms with Crippen molar-refractivity contribution in [3.63, 3.8) is 0 Å². The second kappa shape index (κ2) is 5.72. The van der Waals surface area contributed by atoms with Crippen LogP contribution in [0.15, 0.2) is 52.1 Å². The summed E-state index contributed by atoms with van der Waals surface area (Å²) in [5.74, 6) is 0.130. The molecule has 1 aromatic carbocycles.